The van der Waals surface area contributed by atoms with E-state index in [1.54, 1.807) is 6.92 Å². The third-order valence-corrected chi connectivity index (χ3v) is 13.3. The molecular weight excluding hydrogens is 1020 g/mol. The molecule has 0 aliphatic heterocycles. The standard InChI is InChI=1S/C40H36N10O17S4/c1-19-10-28(33(67-3)18-27(19)47-49-30-16-24(69(57,58)59)12-21-13-25(70(60,61)62)17-31(52)35(21)30)43-40-45-38(41-8-9-51)44-39(46-40)42-22-4-6-26-20(11-22)14-34(71(63,64)65)36(37(26)53)50-48-29-15-23(68(54,55)56)5-7-32(29)66-2/h4-7,10-18,48,51-52H,8-9H2,1-3H3,(H,54,55,56)(H,57,58,59)(H,60,61,62)(H,63,64,65)(H3,41,42,43,44,45,46)/b49-47?,50-36+. The lowest BCUT2D eigenvalue weighted by Crippen LogP contribution is -2.27. The number of ketones is 1. The Balaban J connectivity index is 1.19. The first-order chi connectivity index (χ1) is 33.3. The average Bonchev–Trinajstić information content (AvgIpc) is 3.28. The van der Waals surface area contributed by atoms with E-state index in [2.05, 4.69) is 51.7 Å². The van der Waals surface area contributed by atoms with Gasteiger partial charge < -0.3 is 35.6 Å². The van der Waals surface area contributed by atoms with Crippen LogP contribution in [0, 0.1) is 6.92 Å². The molecule has 0 saturated carbocycles. The molecule has 1 aliphatic rings. The lowest BCUT2D eigenvalue weighted by Gasteiger charge is -2.18. The number of nitrogens with zero attached hydrogens (tertiary/aromatic N) is 6. The van der Waals surface area contributed by atoms with Gasteiger partial charge in [-0.15, -0.1) is 5.11 Å². The lowest BCUT2D eigenvalue weighted by molar-refractivity contribution is 0.106. The third-order valence-electron chi connectivity index (χ3n) is 9.93. The summed E-state index contributed by atoms with van der Waals surface area (Å²) in [6.45, 7) is 1.27. The highest BCUT2D eigenvalue weighted by molar-refractivity contribution is 7.91. The van der Waals surface area contributed by atoms with Crippen LogP contribution in [-0.4, -0.2) is 116 Å². The number of hydrogen-bond acceptors (Lipinski definition) is 23. The van der Waals surface area contributed by atoms with Gasteiger partial charge in [0.15, 0.2) is 5.71 Å². The number of methoxy groups -OCH3 is 2. The predicted molar refractivity (Wildman–Crippen MR) is 253 cm³/mol. The molecule has 0 radical (unpaired) electrons. The largest absolute Gasteiger partial charge is 0.507 e. The number of allylic oxidation sites excluding steroid dienone is 1. The summed E-state index contributed by atoms with van der Waals surface area (Å²) in [7, 11) is -17.1. The van der Waals surface area contributed by atoms with E-state index in [9.17, 15) is 66.9 Å². The van der Waals surface area contributed by atoms with Crippen LogP contribution < -0.4 is 30.8 Å². The number of nitrogens with one attached hydrogen (secondary N) is 4. The van der Waals surface area contributed by atoms with Crippen molar-refractivity contribution < 1.29 is 76.4 Å². The fourth-order valence-corrected chi connectivity index (χ4v) is 8.94. The minimum atomic E-state index is -5.14. The highest BCUT2D eigenvalue weighted by Gasteiger charge is 2.33. The molecular formula is C40H36N10O17S4. The number of rotatable bonds is 17. The van der Waals surface area contributed by atoms with Crippen LogP contribution in [0.25, 0.3) is 16.8 Å². The van der Waals surface area contributed by atoms with Gasteiger partial charge in [0.25, 0.3) is 40.5 Å². The Hall–Kier alpha value is -7.75. The van der Waals surface area contributed by atoms with Gasteiger partial charge in [-0.1, -0.05) is 0 Å². The number of aryl methyl sites for hydroxylation is 1. The van der Waals surface area contributed by atoms with Gasteiger partial charge in [0.1, 0.15) is 22.2 Å². The fourth-order valence-electron chi connectivity index (χ4n) is 6.71. The molecule has 0 fully saturated rings. The van der Waals surface area contributed by atoms with Crippen LogP contribution in [0.2, 0.25) is 0 Å². The molecule has 1 heterocycles. The minimum Gasteiger partial charge on any atom is -0.507 e. The van der Waals surface area contributed by atoms with E-state index >= 15 is 0 Å². The number of ether oxygens (including phenoxy) is 2. The number of carbonyl (C=O) groups is 1. The number of carbonyl (C=O) groups excluding carboxylic acids is 1. The highest BCUT2D eigenvalue weighted by Crippen LogP contribution is 2.41. The zero-order chi connectivity index (χ0) is 51.8. The number of fused-ring (bicyclic) bond motifs is 2. The molecule has 1 aromatic heterocycles. The third kappa shape index (κ3) is 11.5. The van der Waals surface area contributed by atoms with Crippen molar-refractivity contribution >= 4 is 115 Å². The van der Waals surface area contributed by atoms with Crippen molar-refractivity contribution in [3.8, 4) is 17.2 Å². The Kier molecular flexibility index (Phi) is 14.1. The van der Waals surface area contributed by atoms with Crippen molar-refractivity contribution in [3.63, 3.8) is 0 Å². The number of hydrogen-bond donors (Lipinski definition) is 10. The van der Waals surface area contributed by atoms with E-state index in [1.807, 2.05) is 0 Å². The molecule has 0 bridgehead atoms. The van der Waals surface area contributed by atoms with Gasteiger partial charge in [0.2, 0.25) is 23.6 Å². The molecule has 71 heavy (non-hydrogen) atoms. The molecule has 0 amide bonds. The number of phenols is 1. The Morgan fingerprint density at radius 3 is 1.89 bits per heavy atom. The molecule has 27 nitrogen and oxygen atoms in total. The molecule has 0 spiro atoms. The molecule has 372 valence electrons. The van der Waals surface area contributed by atoms with Gasteiger partial charge in [-0.05, 0) is 90.2 Å². The molecule has 5 aromatic carbocycles. The fraction of sp³-hybridized carbons (Fsp3) is 0.125. The highest BCUT2D eigenvalue weighted by atomic mass is 32.2. The first kappa shape index (κ1) is 51.1. The van der Waals surface area contributed by atoms with Crippen molar-refractivity contribution in [2.45, 2.75) is 21.6 Å². The summed E-state index contributed by atoms with van der Waals surface area (Å²) in [6, 6.07) is 13.4. The Morgan fingerprint density at radius 2 is 1.27 bits per heavy atom. The number of aliphatic hydroxyl groups is 1. The van der Waals surface area contributed by atoms with Crippen molar-refractivity contribution in [3.05, 3.63) is 94.4 Å². The van der Waals surface area contributed by atoms with Crippen LogP contribution in [0.4, 0.5) is 46.3 Å². The molecule has 31 heteroatoms. The topological polar surface area (TPSA) is 417 Å². The number of hydrazone groups is 1. The van der Waals surface area contributed by atoms with Crippen LogP contribution in [0.15, 0.2) is 108 Å². The van der Waals surface area contributed by atoms with Gasteiger partial charge in [0, 0.05) is 29.9 Å². The van der Waals surface area contributed by atoms with Crippen LogP contribution in [-0.2, 0) is 40.5 Å². The van der Waals surface area contributed by atoms with E-state index in [-0.39, 0.29) is 92.8 Å². The van der Waals surface area contributed by atoms with Crippen LogP contribution in [0.5, 0.6) is 17.2 Å². The van der Waals surface area contributed by atoms with Gasteiger partial charge >= 0.3 is 0 Å². The average molecular weight is 1060 g/mol. The molecule has 7 rings (SSSR count). The Labute approximate surface area is 402 Å². The van der Waals surface area contributed by atoms with E-state index in [0.29, 0.717) is 11.6 Å². The number of aromatic nitrogens is 3. The summed E-state index contributed by atoms with van der Waals surface area (Å²) in [5, 5.41) is 40.7. The van der Waals surface area contributed by atoms with Crippen LogP contribution in [0.3, 0.4) is 0 Å². The van der Waals surface area contributed by atoms with Gasteiger partial charge in [-0.25, -0.2) is 0 Å². The minimum absolute atomic E-state index is 0.00538. The summed E-state index contributed by atoms with van der Waals surface area (Å²) in [6.07, 6.45) is 0.959. The molecule has 6 aromatic rings. The van der Waals surface area contributed by atoms with Crippen LogP contribution >= 0.6 is 0 Å². The second-order valence-corrected chi connectivity index (χ2v) is 20.4. The summed E-state index contributed by atoms with van der Waals surface area (Å²) in [4.78, 5) is 23.8. The zero-order valence-electron chi connectivity index (χ0n) is 36.4. The maximum absolute atomic E-state index is 13.7. The predicted octanol–water partition coefficient (Wildman–Crippen LogP) is 5.00. The van der Waals surface area contributed by atoms with E-state index in [1.165, 1.54) is 44.6 Å². The molecule has 0 saturated heterocycles. The van der Waals surface area contributed by atoms with E-state index in [0.717, 1.165) is 42.5 Å². The molecule has 0 unspecified atom stereocenters. The van der Waals surface area contributed by atoms with E-state index < -0.39 is 77.3 Å². The number of phenolic OH excluding ortho intramolecular Hbond substituents is 1. The number of benzene rings is 5. The first-order valence-corrected chi connectivity index (χ1v) is 25.4. The zero-order valence-corrected chi connectivity index (χ0v) is 39.7. The van der Waals surface area contributed by atoms with Gasteiger partial charge in [0.05, 0.1) is 63.6 Å². The monoisotopic (exact) mass is 1060 g/mol. The second kappa shape index (κ2) is 19.6. The van der Waals surface area contributed by atoms with Gasteiger partial charge in [-0.3, -0.25) is 28.4 Å². The molecule has 0 atom stereocenters. The smallest absolute Gasteiger partial charge is 0.296 e. The number of aromatic hydroxyl groups is 1. The van der Waals surface area contributed by atoms with Crippen LogP contribution in [0.1, 0.15) is 21.5 Å². The molecule has 10 N–H and O–H groups in total. The van der Waals surface area contributed by atoms with Crippen molar-refractivity contribution in [2.75, 3.05) is 48.7 Å². The van der Waals surface area contributed by atoms with E-state index in [4.69, 9.17) is 9.47 Å². The second-order valence-electron chi connectivity index (χ2n) is 14.7. The number of aliphatic hydroxyl groups excluding tert-OH is 1. The maximum atomic E-state index is 13.7. The van der Waals surface area contributed by atoms with Crippen molar-refractivity contribution in [2.24, 2.45) is 15.3 Å². The van der Waals surface area contributed by atoms with Crippen molar-refractivity contribution in [1.82, 2.24) is 15.0 Å². The summed E-state index contributed by atoms with van der Waals surface area (Å²) < 4.78 is 146. The first-order valence-electron chi connectivity index (χ1n) is 19.7. The van der Waals surface area contributed by atoms with Gasteiger partial charge in [-0.2, -0.15) is 58.8 Å². The van der Waals surface area contributed by atoms with Crippen molar-refractivity contribution in [1.29, 1.82) is 0 Å². The Morgan fingerprint density at radius 1 is 0.648 bits per heavy atom. The summed E-state index contributed by atoms with van der Waals surface area (Å²) >= 11 is 0. The quantitative estimate of drug-likeness (QED) is 0.0326. The summed E-state index contributed by atoms with van der Waals surface area (Å²) in [5.41, 5.74) is 1.94. The maximum Gasteiger partial charge on any atom is 0.296 e. The Bertz CT molecular complexity index is 3750. The SMILES string of the molecule is COc1ccc(S(=O)(=O)O)cc1N/N=C1/C(=O)c2ccc(Nc3nc(NCCO)nc(Nc4cc(C)c(N=Nc5cc(S(=O)(=O)O)cc6cc(S(=O)(=O)O)cc(O)c56)cc4OC)n3)cc2C=C1S(=O)(=O)O. The number of anilines is 6. The number of azo groups is 1. The number of Topliss-reactive ketones (excluding diaryl/α,β-unsaturated/α-hetero) is 1. The lowest BCUT2D eigenvalue weighted by atomic mass is 9.94. The normalized spacial score (nSPS) is 13.8. The summed E-state index contributed by atoms with van der Waals surface area (Å²) in [5.74, 6) is -1.89. The molecule has 1 aliphatic carbocycles.